The highest BCUT2D eigenvalue weighted by Gasteiger charge is 2.36. The fourth-order valence-corrected chi connectivity index (χ4v) is 3.61. The number of pyridine rings is 1. The van der Waals surface area contributed by atoms with Crippen LogP contribution in [0.25, 0.3) is 10.8 Å². The molecule has 104 valence electrons. The minimum atomic E-state index is 0.0386. The minimum absolute atomic E-state index is 0.0386. The molecule has 0 radical (unpaired) electrons. The Balaban J connectivity index is 1.72. The van der Waals surface area contributed by atoms with Crippen LogP contribution in [0, 0.1) is 0 Å². The average molecular weight is 268 g/mol. The lowest BCUT2D eigenvalue weighted by molar-refractivity contribution is 0.00229. The number of piperazine rings is 3. The van der Waals surface area contributed by atoms with Gasteiger partial charge in [0.1, 0.15) is 0 Å². The molecule has 0 amide bonds. The Bertz CT molecular complexity index is 613. The number of rotatable bonds is 2. The molecule has 2 atom stereocenters. The second-order valence-corrected chi connectivity index (χ2v) is 5.88. The largest absolute Gasteiger partial charge is 0.323 e. The Morgan fingerprint density at radius 3 is 2.65 bits per heavy atom. The summed E-state index contributed by atoms with van der Waals surface area (Å²) in [6.45, 7) is 5.77. The lowest BCUT2D eigenvalue weighted by Gasteiger charge is -2.49. The monoisotopic (exact) mass is 268 g/mol. The molecule has 2 bridgehead atoms. The zero-order valence-electron chi connectivity index (χ0n) is 11.6. The van der Waals surface area contributed by atoms with E-state index >= 15 is 0 Å². The molecule has 4 heteroatoms. The molecule has 4 nitrogen and oxygen atoms in total. The van der Waals surface area contributed by atoms with Crippen molar-refractivity contribution >= 4 is 10.8 Å². The highest BCUT2D eigenvalue weighted by atomic mass is 15.3. The third-order valence-electron chi connectivity index (χ3n) is 4.79. The molecule has 1 aromatic heterocycles. The van der Waals surface area contributed by atoms with Gasteiger partial charge in [-0.05, 0) is 10.9 Å². The maximum absolute atomic E-state index is 6.61. The molecule has 3 aliphatic rings. The number of hydrogen-bond donors (Lipinski definition) is 1. The topological polar surface area (TPSA) is 45.4 Å². The lowest BCUT2D eigenvalue weighted by atomic mass is 9.93. The summed E-state index contributed by atoms with van der Waals surface area (Å²) >= 11 is 0. The van der Waals surface area contributed by atoms with E-state index in [1.165, 1.54) is 29.4 Å². The van der Waals surface area contributed by atoms with E-state index in [4.69, 9.17) is 5.73 Å². The number of aromatic nitrogens is 1. The second-order valence-electron chi connectivity index (χ2n) is 5.88. The van der Waals surface area contributed by atoms with Crippen LogP contribution in [0.3, 0.4) is 0 Å². The van der Waals surface area contributed by atoms with Gasteiger partial charge in [-0.2, -0.15) is 0 Å². The SMILES string of the molecule is NC(c1cncc2ccccc12)C1CN2CCN1CC2. The third-order valence-corrected chi connectivity index (χ3v) is 4.79. The molecule has 20 heavy (non-hydrogen) atoms. The van der Waals surface area contributed by atoms with Gasteiger partial charge in [0.2, 0.25) is 0 Å². The van der Waals surface area contributed by atoms with Gasteiger partial charge in [-0.1, -0.05) is 24.3 Å². The normalized spacial score (nSPS) is 30.6. The Morgan fingerprint density at radius 2 is 1.90 bits per heavy atom. The van der Waals surface area contributed by atoms with Crippen molar-refractivity contribution in [1.82, 2.24) is 14.8 Å². The lowest BCUT2D eigenvalue weighted by Crippen LogP contribution is -2.63. The van der Waals surface area contributed by atoms with E-state index in [-0.39, 0.29) is 6.04 Å². The summed E-state index contributed by atoms with van der Waals surface area (Å²) in [5.74, 6) is 0. The van der Waals surface area contributed by atoms with Crippen molar-refractivity contribution in [3.05, 3.63) is 42.2 Å². The molecule has 0 spiro atoms. The van der Waals surface area contributed by atoms with Crippen molar-refractivity contribution in [2.45, 2.75) is 12.1 Å². The smallest absolute Gasteiger partial charge is 0.0487 e. The van der Waals surface area contributed by atoms with Crippen molar-refractivity contribution in [3.8, 4) is 0 Å². The standard InChI is InChI=1S/C16H20N4/c17-16(15-11-19-5-7-20(15)8-6-19)14-10-18-9-12-3-1-2-4-13(12)14/h1-4,9-10,15-16H,5-8,11,17H2. The van der Waals surface area contributed by atoms with Gasteiger partial charge in [0.05, 0.1) is 0 Å². The predicted molar refractivity (Wildman–Crippen MR) is 80.5 cm³/mol. The van der Waals surface area contributed by atoms with Crippen molar-refractivity contribution in [2.75, 3.05) is 32.7 Å². The van der Waals surface area contributed by atoms with Gasteiger partial charge < -0.3 is 5.73 Å². The summed E-state index contributed by atoms with van der Waals surface area (Å²) in [6, 6.07) is 8.85. The van der Waals surface area contributed by atoms with E-state index in [2.05, 4.69) is 39.0 Å². The van der Waals surface area contributed by atoms with Crippen molar-refractivity contribution in [1.29, 1.82) is 0 Å². The van der Waals surface area contributed by atoms with Gasteiger partial charge in [0, 0.05) is 62.6 Å². The van der Waals surface area contributed by atoms with Crippen LogP contribution in [-0.2, 0) is 0 Å². The third kappa shape index (κ3) is 1.92. The van der Waals surface area contributed by atoms with E-state index in [0.717, 1.165) is 19.6 Å². The van der Waals surface area contributed by atoms with Crippen LogP contribution in [0.1, 0.15) is 11.6 Å². The van der Waals surface area contributed by atoms with Crippen LogP contribution in [0.5, 0.6) is 0 Å². The van der Waals surface area contributed by atoms with Crippen LogP contribution in [0.2, 0.25) is 0 Å². The zero-order chi connectivity index (χ0) is 13.5. The van der Waals surface area contributed by atoms with Gasteiger partial charge in [-0.25, -0.2) is 0 Å². The first-order chi connectivity index (χ1) is 9.83. The Labute approximate surface area is 119 Å². The molecule has 0 aliphatic carbocycles. The van der Waals surface area contributed by atoms with E-state index in [1.54, 1.807) is 0 Å². The summed E-state index contributed by atoms with van der Waals surface area (Å²) < 4.78 is 0. The summed E-state index contributed by atoms with van der Waals surface area (Å²) in [5, 5.41) is 2.42. The maximum Gasteiger partial charge on any atom is 0.0487 e. The van der Waals surface area contributed by atoms with Gasteiger partial charge in [-0.3, -0.25) is 14.8 Å². The summed E-state index contributed by atoms with van der Waals surface area (Å²) in [7, 11) is 0. The fraction of sp³-hybridized carbons (Fsp3) is 0.438. The zero-order valence-corrected chi connectivity index (χ0v) is 11.6. The molecule has 3 saturated heterocycles. The molecule has 4 heterocycles. The van der Waals surface area contributed by atoms with E-state index < -0.39 is 0 Å². The molecule has 2 unspecified atom stereocenters. The van der Waals surface area contributed by atoms with Gasteiger partial charge in [-0.15, -0.1) is 0 Å². The fourth-order valence-electron chi connectivity index (χ4n) is 3.61. The molecular weight excluding hydrogens is 248 g/mol. The van der Waals surface area contributed by atoms with Crippen LogP contribution >= 0.6 is 0 Å². The quantitative estimate of drug-likeness (QED) is 0.890. The van der Waals surface area contributed by atoms with Gasteiger partial charge in [0.15, 0.2) is 0 Å². The predicted octanol–water partition coefficient (Wildman–Crippen LogP) is 1.23. The second kappa shape index (κ2) is 4.81. The highest BCUT2D eigenvalue weighted by Crippen LogP contribution is 2.29. The molecular formula is C16H20N4. The number of fused-ring (bicyclic) bond motifs is 4. The summed E-state index contributed by atoms with van der Waals surface area (Å²) in [5.41, 5.74) is 7.80. The van der Waals surface area contributed by atoms with Crippen LogP contribution in [0.15, 0.2) is 36.7 Å². The Morgan fingerprint density at radius 1 is 1.10 bits per heavy atom. The minimum Gasteiger partial charge on any atom is -0.323 e. The Hall–Kier alpha value is -1.49. The molecule has 1 aromatic carbocycles. The van der Waals surface area contributed by atoms with Crippen molar-refractivity contribution in [3.63, 3.8) is 0 Å². The van der Waals surface area contributed by atoms with E-state index in [0.29, 0.717) is 6.04 Å². The highest BCUT2D eigenvalue weighted by molar-refractivity contribution is 5.85. The Kier molecular flexibility index (Phi) is 2.95. The van der Waals surface area contributed by atoms with Crippen molar-refractivity contribution in [2.24, 2.45) is 5.73 Å². The maximum atomic E-state index is 6.61. The van der Waals surface area contributed by atoms with E-state index in [1.807, 2.05) is 12.4 Å². The van der Waals surface area contributed by atoms with Gasteiger partial charge in [0.25, 0.3) is 0 Å². The summed E-state index contributed by atoms with van der Waals surface area (Å²) in [4.78, 5) is 9.46. The first-order valence-corrected chi connectivity index (χ1v) is 7.37. The number of nitrogens with two attached hydrogens (primary N) is 1. The first kappa shape index (κ1) is 12.3. The van der Waals surface area contributed by atoms with Crippen LogP contribution < -0.4 is 5.73 Å². The number of nitrogens with zero attached hydrogens (tertiary/aromatic N) is 3. The molecule has 3 aliphatic heterocycles. The average Bonchev–Trinajstić information content (AvgIpc) is 2.54. The van der Waals surface area contributed by atoms with Crippen molar-refractivity contribution < 1.29 is 0 Å². The molecule has 0 saturated carbocycles. The summed E-state index contributed by atoms with van der Waals surface area (Å²) in [6.07, 6.45) is 3.87. The number of hydrogen-bond acceptors (Lipinski definition) is 4. The molecule has 3 fully saturated rings. The first-order valence-electron chi connectivity index (χ1n) is 7.37. The molecule has 2 N–H and O–H groups in total. The van der Waals surface area contributed by atoms with Crippen LogP contribution in [0.4, 0.5) is 0 Å². The molecule has 5 rings (SSSR count). The van der Waals surface area contributed by atoms with Crippen LogP contribution in [-0.4, -0.2) is 53.5 Å². The van der Waals surface area contributed by atoms with E-state index in [9.17, 15) is 0 Å². The van der Waals surface area contributed by atoms with Gasteiger partial charge >= 0.3 is 0 Å². The number of benzene rings is 1. The molecule has 2 aromatic rings.